The number of carbonyl (C=O) groups is 2. The number of ether oxygens (including phenoxy) is 2. The molecule has 1 aromatic heterocycles. The Morgan fingerprint density at radius 2 is 1.86 bits per heavy atom. The molecule has 4 rings (SSSR count). The summed E-state index contributed by atoms with van der Waals surface area (Å²) in [5.74, 6) is 0.772. The highest BCUT2D eigenvalue weighted by Gasteiger charge is 2.18. The summed E-state index contributed by atoms with van der Waals surface area (Å²) in [6, 6.07) is 16.3. The first-order valence-electron chi connectivity index (χ1n) is 11.6. The number of hydrogen-bond donors (Lipinski definition) is 2. The first-order chi connectivity index (χ1) is 17.5. The average Bonchev–Trinajstić information content (AvgIpc) is 2.91. The van der Waals surface area contributed by atoms with Gasteiger partial charge in [-0.25, -0.2) is 4.98 Å². The van der Waals surface area contributed by atoms with Gasteiger partial charge >= 0.3 is 0 Å². The summed E-state index contributed by atoms with van der Waals surface area (Å²) in [7, 11) is 0. The van der Waals surface area contributed by atoms with Crippen LogP contribution in [0.15, 0.2) is 66.9 Å². The van der Waals surface area contributed by atoms with Crippen molar-refractivity contribution in [3.63, 3.8) is 0 Å². The Morgan fingerprint density at radius 3 is 2.58 bits per heavy atom. The maximum Gasteiger partial charge on any atom is 0.254 e. The molecule has 1 aliphatic rings. The summed E-state index contributed by atoms with van der Waals surface area (Å²) in [5.41, 5.74) is 8.75. The van der Waals surface area contributed by atoms with E-state index in [9.17, 15) is 9.59 Å². The van der Waals surface area contributed by atoms with E-state index in [2.05, 4.69) is 10.3 Å². The molecule has 0 radical (unpaired) electrons. The average molecular weight is 507 g/mol. The number of nitrogen functional groups attached to an aromatic ring is 1. The number of nitrogens with one attached hydrogen (secondary N) is 1. The molecule has 3 N–H and O–H groups in total. The maximum atomic E-state index is 12.7. The third-order valence-electron chi connectivity index (χ3n) is 5.54. The molecule has 36 heavy (non-hydrogen) atoms. The summed E-state index contributed by atoms with van der Waals surface area (Å²) < 4.78 is 11.1. The first-order valence-corrected chi connectivity index (χ1v) is 11.9. The van der Waals surface area contributed by atoms with Gasteiger partial charge in [-0.1, -0.05) is 23.7 Å². The highest BCUT2D eigenvalue weighted by Crippen LogP contribution is 2.29. The number of halogens is 1. The second kappa shape index (κ2) is 12.2. The quantitative estimate of drug-likeness (QED) is 0.356. The largest absolute Gasteiger partial charge is 0.492 e. The van der Waals surface area contributed by atoms with Crippen LogP contribution in [-0.4, -0.2) is 61.2 Å². The van der Waals surface area contributed by atoms with Gasteiger partial charge in [-0.2, -0.15) is 0 Å². The Balaban J connectivity index is 1.30. The molecule has 9 heteroatoms. The van der Waals surface area contributed by atoms with Crippen molar-refractivity contribution >= 4 is 35.3 Å². The zero-order valence-corrected chi connectivity index (χ0v) is 20.4. The van der Waals surface area contributed by atoms with E-state index in [1.165, 1.54) is 6.08 Å². The molecule has 2 heterocycles. The second-order valence-electron chi connectivity index (χ2n) is 8.15. The van der Waals surface area contributed by atoms with Crippen LogP contribution in [0.3, 0.4) is 0 Å². The standard InChI is InChI=1S/C27H27ClN4O4/c28-23-15-22(20-3-5-21(6-4-20)27(34)32-10-13-35-14-11-32)16-24(17-23)36-12-9-30-26(33)8-2-19-1-7-25(29)31-18-19/h1-8,15-18H,9-14H2,(H2,29,31)(H,30,33)/b8-2+. The number of anilines is 1. The Labute approximate surface area is 214 Å². The Kier molecular flexibility index (Phi) is 8.54. The van der Waals surface area contributed by atoms with Gasteiger partial charge in [0.15, 0.2) is 0 Å². The fraction of sp³-hybridized carbons (Fsp3) is 0.222. The highest BCUT2D eigenvalue weighted by molar-refractivity contribution is 6.31. The van der Waals surface area contributed by atoms with E-state index in [1.807, 2.05) is 36.4 Å². The van der Waals surface area contributed by atoms with Gasteiger partial charge in [-0.3, -0.25) is 9.59 Å². The topological polar surface area (TPSA) is 107 Å². The summed E-state index contributed by atoms with van der Waals surface area (Å²) in [4.78, 5) is 30.5. The first kappa shape index (κ1) is 25.2. The predicted octanol–water partition coefficient (Wildman–Crippen LogP) is 3.67. The van der Waals surface area contributed by atoms with Crippen molar-refractivity contribution in [3.05, 3.63) is 83.0 Å². The van der Waals surface area contributed by atoms with Crippen LogP contribution in [0.4, 0.5) is 5.82 Å². The Hall–Kier alpha value is -3.88. The lowest BCUT2D eigenvalue weighted by molar-refractivity contribution is -0.116. The predicted molar refractivity (Wildman–Crippen MR) is 140 cm³/mol. The Morgan fingerprint density at radius 1 is 1.08 bits per heavy atom. The normalized spacial score (nSPS) is 13.5. The zero-order chi connectivity index (χ0) is 25.3. The summed E-state index contributed by atoms with van der Waals surface area (Å²) in [6.07, 6.45) is 4.68. The molecular formula is C27H27ClN4O4. The van der Waals surface area contributed by atoms with Gasteiger partial charge in [0.2, 0.25) is 5.91 Å². The number of pyridine rings is 1. The van der Waals surface area contributed by atoms with Gasteiger partial charge in [0.1, 0.15) is 18.2 Å². The highest BCUT2D eigenvalue weighted by atomic mass is 35.5. The van der Waals surface area contributed by atoms with Crippen molar-refractivity contribution < 1.29 is 19.1 Å². The van der Waals surface area contributed by atoms with E-state index >= 15 is 0 Å². The summed E-state index contributed by atoms with van der Waals surface area (Å²) in [6.45, 7) is 2.94. The molecule has 0 saturated carbocycles. The van der Waals surface area contributed by atoms with Crippen LogP contribution >= 0.6 is 11.6 Å². The van der Waals surface area contributed by atoms with Crippen LogP contribution in [0.5, 0.6) is 5.75 Å². The summed E-state index contributed by atoms with van der Waals surface area (Å²) >= 11 is 6.31. The molecule has 8 nitrogen and oxygen atoms in total. The lowest BCUT2D eigenvalue weighted by Gasteiger charge is -2.26. The van der Waals surface area contributed by atoms with Gasteiger partial charge in [-0.15, -0.1) is 0 Å². The van der Waals surface area contributed by atoms with Gasteiger partial charge in [0, 0.05) is 35.9 Å². The molecule has 0 atom stereocenters. The third-order valence-corrected chi connectivity index (χ3v) is 5.76. The van der Waals surface area contributed by atoms with Gasteiger partial charge in [-0.05, 0) is 65.2 Å². The van der Waals surface area contributed by atoms with Crippen molar-refractivity contribution in [2.75, 3.05) is 45.2 Å². The summed E-state index contributed by atoms with van der Waals surface area (Å²) in [5, 5.41) is 3.29. The minimum absolute atomic E-state index is 0.00184. The molecule has 186 valence electrons. The van der Waals surface area contributed by atoms with Crippen molar-refractivity contribution in [3.8, 4) is 16.9 Å². The van der Waals surface area contributed by atoms with Gasteiger partial charge in [0.25, 0.3) is 5.91 Å². The van der Waals surface area contributed by atoms with E-state index in [0.29, 0.717) is 55.0 Å². The van der Waals surface area contributed by atoms with E-state index in [-0.39, 0.29) is 18.4 Å². The molecule has 2 aromatic carbocycles. The van der Waals surface area contributed by atoms with Crippen molar-refractivity contribution in [2.45, 2.75) is 0 Å². The van der Waals surface area contributed by atoms with Crippen molar-refractivity contribution in [1.82, 2.24) is 15.2 Å². The molecule has 1 fully saturated rings. The molecule has 3 aromatic rings. The number of nitrogens with zero attached hydrogens (tertiary/aromatic N) is 2. The van der Waals surface area contributed by atoms with E-state index < -0.39 is 0 Å². The fourth-order valence-electron chi connectivity index (χ4n) is 3.66. The number of rotatable bonds is 8. The number of benzene rings is 2. The molecule has 0 spiro atoms. The van der Waals surface area contributed by atoms with Crippen LogP contribution in [0.1, 0.15) is 15.9 Å². The van der Waals surface area contributed by atoms with Crippen LogP contribution in [0.2, 0.25) is 5.02 Å². The molecule has 2 amide bonds. The van der Waals surface area contributed by atoms with Crippen molar-refractivity contribution in [1.29, 1.82) is 0 Å². The van der Waals surface area contributed by atoms with E-state index in [1.54, 1.807) is 35.4 Å². The van der Waals surface area contributed by atoms with Crippen LogP contribution in [-0.2, 0) is 9.53 Å². The number of morpholine rings is 1. The van der Waals surface area contributed by atoms with Crippen LogP contribution in [0, 0.1) is 0 Å². The molecule has 0 aliphatic carbocycles. The van der Waals surface area contributed by atoms with Crippen LogP contribution in [0.25, 0.3) is 17.2 Å². The molecule has 1 saturated heterocycles. The molecule has 0 bridgehead atoms. The fourth-order valence-corrected chi connectivity index (χ4v) is 3.88. The minimum Gasteiger partial charge on any atom is -0.492 e. The van der Waals surface area contributed by atoms with Gasteiger partial charge in [0.05, 0.1) is 19.8 Å². The number of amides is 2. The van der Waals surface area contributed by atoms with Gasteiger partial charge < -0.3 is 25.4 Å². The molecular weight excluding hydrogens is 480 g/mol. The molecule has 0 unspecified atom stereocenters. The smallest absolute Gasteiger partial charge is 0.254 e. The van der Waals surface area contributed by atoms with E-state index in [4.69, 9.17) is 26.8 Å². The van der Waals surface area contributed by atoms with Crippen LogP contribution < -0.4 is 15.8 Å². The Bertz CT molecular complexity index is 1220. The maximum absolute atomic E-state index is 12.7. The number of nitrogens with two attached hydrogens (primary N) is 1. The lowest BCUT2D eigenvalue weighted by Crippen LogP contribution is -2.40. The second-order valence-corrected chi connectivity index (χ2v) is 8.58. The number of aromatic nitrogens is 1. The van der Waals surface area contributed by atoms with E-state index in [0.717, 1.165) is 16.7 Å². The number of carbonyl (C=O) groups excluding carboxylic acids is 2. The van der Waals surface area contributed by atoms with Crippen molar-refractivity contribution in [2.24, 2.45) is 0 Å². The third kappa shape index (κ3) is 7.07. The molecule has 1 aliphatic heterocycles. The monoisotopic (exact) mass is 506 g/mol. The zero-order valence-electron chi connectivity index (χ0n) is 19.7. The lowest BCUT2D eigenvalue weighted by atomic mass is 10.0. The minimum atomic E-state index is -0.242. The SMILES string of the molecule is Nc1ccc(/C=C/C(=O)NCCOc2cc(Cl)cc(-c3ccc(C(=O)N4CCOCC4)cc3)c2)cn1. The number of hydrogen-bond acceptors (Lipinski definition) is 6.